The molecule has 0 spiro atoms. The van der Waals surface area contributed by atoms with E-state index in [0.29, 0.717) is 17.1 Å². The second-order valence-corrected chi connectivity index (χ2v) is 6.60. The molecule has 0 bridgehead atoms. The Hall–Kier alpha value is -2.54. The van der Waals surface area contributed by atoms with Gasteiger partial charge in [0.25, 0.3) is 5.91 Å². The van der Waals surface area contributed by atoms with Crippen LogP contribution in [0.4, 0.5) is 0 Å². The number of hydrogen-bond donors (Lipinski definition) is 1. The van der Waals surface area contributed by atoms with E-state index >= 15 is 0 Å². The molecule has 2 aromatic rings. The zero-order chi connectivity index (χ0) is 18.7. The zero-order valence-corrected chi connectivity index (χ0v) is 15.7. The van der Waals surface area contributed by atoms with E-state index in [2.05, 4.69) is 15.4 Å². The second-order valence-electron chi connectivity index (χ2n) is 6.60. The summed E-state index contributed by atoms with van der Waals surface area (Å²) in [5.41, 5.74) is 2.60. The summed E-state index contributed by atoms with van der Waals surface area (Å²) in [7, 11) is 3.14. The number of nitrogens with one attached hydrogen (secondary N) is 1. The van der Waals surface area contributed by atoms with Crippen LogP contribution >= 0.6 is 0 Å². The quantitative estimate of drug-likeness (QED) is 0.853. The molecule has 0 radical (unpaired) electrons. The summed E-state index contributed by atoms with van der Waals surface area (Å²) in [6.45, 7) is 6.41. The minimum absolute atomic E-state index is 0.111. The Morgan fingerprint density at radius 3 is 2.54 bits per heavy atom. The van der Waals surface area contributed by atoms with E-state index in [1.165, 1.54) is 0 Å². The van der Waals surface area contributed by atoms with Crippen molar-refractivity contribution in [3.8, 4) is 11.5 Å². The van der Waals surface area contributed by atoms with E-state index < -0.39 is 0 Å². The summed E-state index contributed by atoms with van der Waals surface area (Å²) in [6.07, 6.45) is 0.913. The fraction of sp³-hybridized carbons (Fsp3) is 0.474. The van der Waals surface area contributed by atoms with Gasteiger partial charge in [-0.1, -0.05) is 5.16 Å². The predicted molar refractivity (Wildman–Crippen MR) is 96.7 cm³/mol. The lowest BCUT2D eigenvalue weighted by Gasteiger charge is -2.17. The van der Waals surface area contributed by atoms with E-state index in [1.54, 1.807) is 32.4 Å². The van der Waals surface area contributed by atoms with Crippen molar-refractivity contribution in [2.24, 2.45) is 0 Å². The largest absolute Gasteiger partial charge is 0.497 e. The van der Waals surface area contributed by atoms with Gasteiger partial charge in [0.2, 0.25) is 0 Å². The third-order valence-electron chi connectivity index (χ3n) is 4.78. The first-order valence-corrected chi connectivity index (χ1v) is 8.68. The smallest absolute Gasteiger partial charge is 0.251 e. The monoisotopic (exact) mass is 359 g/mol. The molecule has 7 heteroatoms. The molecule has 1 atom stereocenters. The summed E-state index contributed by atoms with van der Waals surface area (Å²) in [6, 6.07) is 5.29. The van der Waals surface area contributed by atoms with Crippen molar-refractivity contribution in [3.63, 3.8) is 0 Å². The van der Waals surface area contributed by atoms with Crippen LogP contribution in [0.1, 0.15) is 33.8 Å². The van der Waals surface area contributed by atoms with Gasteiger partial charge in [0.05, 0.1) is 19.9 Å². The molecule has 1 aromatic heterocycles. The Morgan fingerprint density at radius 2 is 1.96 bits per heavy atom. The molecule has 1 aromatic carbocycles. The summed E-state index contributed by atoms with van der Waals surface area (Å²) < 4.78 is 15.7. The van der Waals surface area contributed by atoms with Crippen LogP contribution in [0.15, 0.2) is 22.7 Å². The van der Waals surface area contributed by atoms with Crippen molar-refractivity contribution < 1.29 is 18.8 Å². The van der Waals surface area contributed by atoms with E-state index in [4.69, 9.17) is 14.0 Å². The number of carbonyl (C=O) groups excluding carboxylic acids is 1. The molecule has 26 heavy (non-hydrogen) atoms. The van der Waals surface area contributed by atoms with Gasteiger partial charge in [0.15, 0.2) is 0 Å². The Morgan fingerprint density at radius 1 is 1.27 bits per heavy atom. The van der Waals surface area contributed by atoms with Gasteiger partial charge in [-0.3, -0.25) is 9.69 Å². The maximum Gasteiger partial charge on any atom is 0.251 e. The average Bonchev–Trinajstić information content (AvgIpc) is 3.22. The van der Waals surface area contributed by atoms with Gasteiger partial charge < -0.3 is 19.3 Å². The van der Waals surface area contributed by atoms with Crippen LogP contribution in [0.5, 0.6) is 11.5 Å². The second kappa shape index (κ2) is 7.78. The first-order chi connectivity index (χ1) is 12.5. The Balaban J connectivity index is 1.61. The lowest BCUT2D eigenvalue weighted by Crippen LogP contribution is -2.37. The van der Waals surface area contributed by atoms with Crippen molar-refractivity contribution in [2.45, 2.75) is 32.9 Å². The number of aryl methyl sites for hydroxylation is 2. The number of nitrogens with zero attached hydrogens (tertiary/aromatic N) is 2. The van der Waals surface area contributed by atoms with Gasteiger partial charge in [-0.05, 0) is 32.4 Å². The predicted octanol–water partition coefficient (Wildman–Crippen LogP) is 2.31. The van der Waals surface area contributed by atoms with Gasteiger partial charge in [-0.2, -0.15) is 0 Å². The molecule has 1 amide bonds. The molecule has 0 saturated carbocycles. The molecule has 3 rings (SSSR count). The van der Waals surface area contributed by atoms with Gasteiger partial charge in [-0.25, -0.2) is 0 Å². The Kier molecular flexibility index (Phi) is 5.46. The number of rotatable bonds is 6. The van der Waals surface area contributed by atoms with Crippen molar-refractivity contribution in [1.29, 1.82) is 0 Å². The average molecular weight is 359 g/mol. The van der Waals surface area contributed by atoms with Crippen molar-refractivity contribution in [3.05, 3.63) is 40.8 Å². The van der Waals surface area contributed by atoms with Gasteiger partial charge in [0.1, 0.15) is 17.3 Å². The first kappa shape index (κ1) is 18.3. The summed E-state index contributed by atoms with van der Waals surface area (Å²) in [4.78, 5) is 14.9. The molecule has 2 heterocycles. The number of aromatic nitrogens is 1. The maximum atomic E-state index is 12.6. The standard InChI is InChI=1S/C19H25N3O4/c1-12-18(13(2)26-21-12)11-22-6-5-15(10-22)20-19(23)14-7-16(24-3)9-17(8-14)25-4/h7-9,15H,5-6,10-11H2,1-4H3,(H,20,23)/t15-/m0/s1. The molecule has 7 nitrogen and oxygen atoms in total. The highest BCUT2D eigenvalue weighted by Gasteiger charge is 2.26. The highest BCUT2D eigenvalue weighted by molar-refractivity contribution is 5.95. The summed E-state index contributed by atoms with van der Waals surface area (Å²) >= 11 is 0. The molecule has 0 aliphatic carbocycles. The van der Waals surface area contributed by atoms with Crippen LogP contribution in [-0.2, 0) is 6.54 Å². The number of ether oxygens (including phenoxy) is 2. The lowest BCUT2D eigenvalue weighted by molar-refractivity contribution is 0.0937. The first-order valence-electron chi connectivity index (χ1n) is 8.68. The third-order valence-corrected chi connectivity index (χ3v) is 4.78. The number of methoxy groups -OCH3 is 2. The highest BCUT2D eigenvalue weighted by atomic mass is 16.5. The summed E-state index contributed by atoms with van der Waals surface area (Å²) in [5, 5.41) is 7.11. The van der Waals surface area contributed by atoms with Crippen LogP contribution in [-0.4, -0.2) is 49.3 Å². The van der Waals surface area contributed by atoms with E-state index in [-0.39, 0.29) is 11.9 Å². The van der Waals surface area contributed by atoms with E-state index in [0.717, 1.165) is 43.1 Å². The number of hydrogen-bond acceptors (Lipinski definition) is 6. The van der Waals surface area contributed by atoms with Crippen molar-refractivity contribution in [2.75, 3.05) is 27.3 Å². The zero-order valence-electron chi connectivity index (χ0n) is 15.7. The molecule has 1 N–H and O–H groups in total. The molecule has 1 fully saturated rings. The van der Waals surface area contributed by atoms with Crippen LogP contribution < -0.4 is 14.8 Å². The maximum absolute atomic E-state index is 12.6. The fourth-order valence-corrected chi connectivity index (χ4v) is 3.25. The SMILES string of the molecule is COc1cc(OC)cc(C(=O)N[C@H]2CCN(Cc3c(C)noc3C)C2)c1. The Labute approximate surface area is 153 Å². The Bertz CT molecular complexity index is 745. The number of amides is 1. The molecular weight excluding hydrogens is 334 g/mol. The van der Waals surface area contributed by atoms with E-state index in [1.807, 2.05) is 13.8 Å². The minimum atomic E-state index is -0.119. The lowest BCUT2D eigenvalue weighted by atomic mass is 10.1. The molecule has 0 unspecified atom stereocenters. The van der Waals surface area contributed by atoms with Crippen LogP contribution in [0, 0.1) is 13.8 Å². The summed E-state index contributed by atoms with van der Waals surface area (Å²) in [5.74, 6) is 1.94. The number of likely N-dealkylation sites (tertiary alicyclic amines) is 1. The van der Waals surface area contributed by atoms with Crippen LogP contribution in [0.2, 0.25) is 0 Å². The molecule has 1 aliphatic rings. The van der Waals surface area contributed by atoms with Crippen molar-refractivity contribution >= 4 is 5.91 Å². The van der Waals surface area contributed by atoms with Gasteiger partial charge >= 0.3 is 0 Å². The highest BCUT2D eigenvalue weighted by Crippen LogP contribution is 2.23. The molecule has 1 saturated heterocycles. The van der Waals surface area contributed by atoms with Gasteiger partial charge in [-0.15, -0.1) is 0 Å². The minimum Gasteiger partial charge on any atom is -0.497 e. The fourth-order valence-electron chi connectivity index (χ4n) is 3.25. The van der Waals surface area contributed by atoms with Crippen LogP contribution in [0.25, 0.3) is 0 Å². The van der Waals surface area contributed by atoms with Gasteiger partial charge in [0, 0.05) is 42.9 Å². The topological polar surface area (TPSA) is 76.8 Å². The molecule has 1 aliphatic heterocycles. The molecule has 140 valence electrons. The van der Waals surface area contributed by atoms with Crippen molar-refractivity contribution in [1.82, 2.24) is 15.4 Å². The normalized spacial score (nSPS) is 17.3. The van der Waals surface area contributed by atoms with Crippen LogP contribution in [0.3, 0.4) is 0 Å². The van der Waals surface area contributed by atoms with E-state index in [9.17, 15) is 4.79 Å². The molecular formula is C19H25N3O4. The third kappa shape index (κ3) is 3.99. The number of benzene rings is 1. The number of carbonyl (C=O) groups is 1.